The Hall–Kier alpha value is -3.87. The first kappa shape index (κ1) is 30.8. The van der Waals surface area contributed by atoms with Crippen LogP contribution < -0.4 is 24.8 Å². The Morgan fingerprint density at radius 1 is 0.891 bits per heavy atom. The van der Waals surface area contributed by atoms with Crippen LogP contribution in [0.3, 0.4) is 0 Å². The highest BCUT2D eigenvalue weighted by molar-refractivity contribution is 6.00. The van der Waals surface area contributed by atoms with Crippen LogP contribution in [0.1, 0.15) is 48.0 Å². The van der Waals surface area contributed by atoms with Crippen LogP contribution in [0, 0.1) is 5.92 Å². The Morgan fingerprint density at radius 2 is 1.74 bits per heavy atom. The smallest absolute Gasteiger partial charge is 0.258 e. The Balaban J connectivity index is 1.11. The second kappa shape index (κ2) is 13.9. The second-order valence-electron chi connectivity index (χ2n) is 12.7. The van der Waals surface area contributed by atoms with Crippen molar-refractivity contribution >= 4 is 17.7 Å². The molecule has 0 radical (unpaired) electrons. The number of nitrogens with one attached hydrogen (secondary N) is 2. The molecule has 246 valence electrons. The van der Waals surface area contributed by atoms with Crippen molar-refractivity contribution in [1.82, 2.24) is 20.4 Å². The summed E-state index contributed by atoms with van der Waals surface area (Å²) >= 11 is 0. The first-order chi connectivity index (χ1) is 22.5. The molecule has 0 aromatic heterocycles. The Morgan fingerprint density at radius 3 is 2.63 bits per heavy atom. The van der Waals surface area contributed by atoms with Gasteiger partial charge in [-0.2, -0.15) is 0 Å². The molecule has 0 spiro atoms. The standard InChI is InChI=1S/C34H42N4O8/c39-32(23-9-14-42-15-10-23)36-26-7-6-24-11-16-43-28-4-2-1-3-25(28)34(41)38-13-12-37(20-27(38)33(40)35-18-31(26)46-24)19-22-5-8-29-30(17-22)45-21-44-29/h1-5,8,17,23-24,26-27,31H,6-7,9-16,18-21H2,(H,35,40)(H,36,39)/t24-,26+,27-,31+/m0/s1. The van der Waals surface area contributed by atoms with Gasteiger partial charge in [-0.25, -0.2) is 0 Å². The molecule has 0 aliphatic carbocycles. The molecule has 3 fully saturated rings. The van der Waals surface area contributed by atoms with E-state index in [0.29, 0.717) is 82.3 Å². The van der Waals surface area contributed by atoms with Gasteiger partial charge in [0, 0.05) is 58.3 Å². The van der Waals surface area contributed by atoms with Crippen LogP contribution in [-0.4, -0.2) is 105 Å². The fourth-order valence-electron chi connectivity index (χ4n) is 7.08. The molecule has 0 saturated carbocycles. The van der Waals surface area contributed by atoms with E-state index in [1.807, 2.05) is 30.3 Å². The first-order valence-corrected chi connectivity index (χ1v) is 16.5. The number of hydrogen-bond donors (Lipinski definition) is 2. The van der Waals surface area contributed by atoms with E-state index in [4.69, 9.17) is 23.7 Å². The lowest BCUT2D eigenvalue weighted by Crippen LogP contribution is -2.62. The maximum absolute atomic E-state index is 14.0. The molecule has 2 aromatic rings. The SMILES string of the molecule is O=C(N[C@@H]1CC[C@H]2CCOc3ccccc3C(=O)N3CCN(Cc4ccc5c(c4)OCO5)C[C@H]3C(=O)NC[C@H]1O2)C1CCOCC1. The molecule has 3 saturated heterocycles. The molecule has 46 heavy (non-hydrogen) atoms. The Labute approximate surface area is 268 Å². The van der Waals surface area contributed by atoms with Gasteiger partial charge < -0.3 is 39.2 Å². The number of carbonyl (C=O) groups is 3. The van der Waals surface area contributed by atoms with Crippen LogP contribution in [0.2, 0.25) is 0 Å². The predicted molar refractivity (Wildman–Crippen MR) is 166 cm³/mol. The number of fused-ring (bicyclic) bond motifs is 5. The van der Waals surface area contributed by atoms with Crippen molar-refractivity contribution in [2.45, 2.75) is 62.9 Å². The fraction of sp³-hybridized carbons (Fsp3) is 0.559. The summed E-state index contributed by atoms with van der Waals surface area (Å²) in [5, 5.41) is 6.34. The Kier molecular flexibility index (Phi) is 9.27. The van der Waals surface area contributed by atoms with Gasteiger partial charge in [0.15, 0.2) is 11.5 Å². The van der Waals surface area contributed by atoms with Gasteiger partial charge in [0.25, 0.3) is 5.91 Å². The largest absolute Gasteiger partial charge is 0.493 e. The van der Waals surface area contributed by atoms with Crippen LogP contribution in [0.25, 0.3) is 0 Å². The number of ether oxygens (including phenoxy) is 5. The van der Waals surface area contributed by atoms with Crippen molar-refractivity contribution in [2.75, 3.05) is 52.8 Å². The summed E-state index contributed by atoms with van der Waals surface area (Å²) in [6.45, 7) is 3.92. The lowest BCUT2D eigenvalue weighted by molar-refractivity contribution is -0.134. The highest BCUT2D eigenvalue weighted by Crippen LogP contribution is 2.33. The predicted octanol–water partition coefficient (Wildman–Crippen LogP) is 2.10. The van der Waals surface area contributed by atoms with E-state index in [9.17, 15) is 14.4 Å². The van der Waals surface area contributed by atoms with Crippen LogP contribution >= 0.6 is 0 Å². The molecule has 5 aliphatic heterocycles. The van der Waals surface area contributed by atoms with E-state index in [0.717, 1.165) is 24.2 Å². The summed E-state index contributed by atoms with van der Waals surface area (Å²) in [4.78, 5) is 45.0. The molecule has 4 atom stereocenters. The van der Waals surface area contributed by atoms with Gasteiger partial charge in [-0.1, -0.05) is 18.2 Å². The van der Waals surface area contributed by atoms with E-state index in [-0.39, 0.29) is 49.1 Å². The van der Waals surface area contributed by atoms with Gasteiger partial charge in [0.2, 0.25) is 18.6 Å². The molecule has 12 heteroatoms. The molecule has 3 amide bonds. The van der Waals surface area contributed by atoms with E-state index in [1.165, 1.54) is 0 Å². The molecule has 5 aliphatic rings. The van der Waals surface area contributed by atoms with Gasteiger partial charge in [0.05, 0.1) is 30.4 Å². The van der Waals surface area contributed by atoms with Crippen molar-refractivity contribution in [2.24, 2.45) is 5.92 Å². The molecular formula is C34H42N4O8. The van der Waals surface area contributed by atoms with E-state index in [1.54, 1.807) is 17.0 Å². The molecule has 12 nitrogen and oxygen atoms in total. The zero-order valence-corrected chi connectivity index (χ0v) is 26.0. The first-order valence-electron chi connectivity index (χ1n) is 16.5. The molecule has 2 N–H and O–H groups in total. The van der Waals surface area contributed by atoms with Crippen LogP contribution in [0.15, 0.2) is 42.5 Å². The number of carbonyl (C=O) groups excluding carboxylic acids is 3. The van der Waals surface area contributed by atoms with E-state index >= 15 is 0 Å². The molecule has 2 bridgehead atoms. The number of nitrogens with zero attached hydrogens (tertiary/aromatic N) is 2. The number of benzene rings is 2. The van der Waals surface area contributed by atoms with Crippen LogP contribution in [0.5, 0.6) is 17.2 Å². The van der Waals surface area contributed by atoms with Gasteiger partial charge in [-0.3, -0.25) is 19.3 Å². The van der Waals surface area contributed by atoms with Crippen molar-refractivity contribution in [3.8, 4) is 17.2 Å². The van der Waals surface area contributed by atoms with Crippen molar-refractivity contribution in [1.29, 1.82) is 0 Å². The number of amides is 3. The van der Waals surface area contributed by atoms with E-state index in [2.05, 4.69) is 15.5 Å². The third kappa shape index (κ3) is 6.79. The monoisotopic (exact) mass is 634 g/mol. The van der Waals surface area contributed by atoms with Gasteiger partial charge in [-0.05, 0) is 55.5 Å². The van der Waals surface area contributed by atoms with Crippen LogP contribution in [0.4, 0.5) is 0 Å². The summed E-state index contributed by atoms with van der Waals surface area (Å²) in [6, 6.07) is 12.1. The summed E-state index contributed by atoms with van der Waals surface area (Å²) in [6.07, 6.45) is 3.06. The number of para-hydroxylation sites is 1. The van der Waals surface area contributed by atoms with Gasteiger partial charge >= 0.3 is 0 Å². The lowest BCUT2D eigenvalue weighted by atomic mass is 9.94. The minimum atomic E-state index is -0.735. The fourth-order valence-corrected chi connectivity index (χ4v) is 7.08. The molecule has 0 unspecified atom stereocenters. The average molecular weight is 635 g/mol. The average Bonchev–Trinajstić information content (AvgIpc) is 3.56. The maximum atomic E-state index is 14.0. The summed E-state index contributed by atoms with van der Waals surface area (Å²) in [5.74, 6) is 1.39. The zero-order valence-electron chi connectivity index (χ0n) is 26.0. The Bertz CT molecular complexity index is 1430. The summed E-state index contributed by atoms with van der Waals surface area (Å²) in [5.41, 5.74) is 1.48. The molecular weight excluding hydrogens is 592 g/mol. The van der Waals surface area contributed by atoms with E-state index < -0.39 is 12.1 Å². The maximum Gasteiger partial charge on any atom is 0.258 e. The molecule has 2 aromatic carbocycles. The second-order valence-corrected chi connectivity index (χ2v) is 12.7. The third-order valence-corrected chi connectivity index (χ3v) is 9.70. The normalized spacial score (nSPS) is 27.4. The molecule has 7 rings (SSSR count). The highest BCUT2D eigenvalue weighted by atomic mass is 16.7. The summed E-state index contributed by atoms with van der Waals surface area (Å²) < 4.78 is 29.1. The topological polar surface area (TPSA) is 128 Å². The van der Waals surface area contributed by atoms with Gasteiger partial charge in [0.1, 0.15) is 11.8 Å². The van der Waals surface area contributed by atoms with Crippen molar-refractivity contribution < 1.29 is 38.1 Å². The highest BCUT2D eigenvalue weighted by Gasteiger charge is 2.39. The quantitative estimate of drug-likeness (QED) is 0.520. The minimum Gasteiger partial charge on any atom is -0.493 e. The zero-order chi connectivity index (χ0) is 31.5. The lowest BCUT2D eigenvalue weighted by Gasteiger charge is -2.42. The van der Waals surface area contributed by atoms with Gasteiger partial charge in [-0.15, -0.1) is 0 Å². The number of hydrogen-bond acceptors (Lipinski definition) is 9. The minimum absolute atomic E-state index is 0.0178. The van der Waals surface area contributed by atoms with Crippen molar-refractivity contribution in [3.63, 3.8) is 0 Å². The van der Waals surface area contributed by atoms with Crippen LogP contribution in [-0.2, 0) is 25.6 Å². The number of piperazine rings is 1. The summed E-state index contributed by atoms with van der Waals surface area (Å²) in [7, 11) is 0. The molecule has 5 heterocycles. The van der Waals surface area contributed by atoms with Crippen molar-refractivity contribution in [3.05, 3.63) is 53.6 Å². The third-order valence-electron chi connectivity index (χ3n) is 9.70. The number of rotatable bonds is 4.